The Morgan fingerprint density at radius 3 is 2.58 bits per heavy atom. The van der Waals surface area contributed by atoms with Crippen LogP contribution in [0.3, 0.4) is 0 Å². The fourth-order valence-electron chi connectivity index (χ4n) is 3.93. The van der Waals surface area contributed by atoms with E-state index in [4.69, 9.17) is 9.72 Å². The van der Waals surface area contributed by atoms with Crippen molar-refractivity contribution in [2.45, 2.75) is 26.2 Å². The fraction of sp³-hybridized carbons (Fsp3) is 0.375. The minimum absolute atomic E-state index is 0.00297. The topological polar surface area (TPSA) is 64.7 Å². The lowest BCUT2D eigenvalue weighted by molar-refractivity contribution is 0.273. The van der Waals surface area contributed by atoms with Gasteiger partial charge < -0.3 is 9.64 Å². The fourth-order valence-corrected chi connectivity index (χ4v) is 3.93. The summed E-state index contributed by atoms with van der Waals surface area (Å²) in [5, 5.41) is 0.974. The van der Waals surface area contributed by atoms with E-state index in [0.29, 0.717) is 18.3 Å². The molecule has 0 saturated heterocycles. The van der Waals surface area contributed by atoms with E-state index in [1.165, 1.54) is 0 Å². The summed E-state index contributed by atoms with van der Waals surface area (Å²) in [6.45, 7) is 5.69. The highest BCUT2D eigenvalue weighted by Gasteiger charge is 2.21. The van der Waals surface area contributed by atoms with Crippen LogP contribution in [0, 0.1) is 0 Å². The van der Waals surface area contributed by atoms with Gasteiger partial charge in [0, 0.05) is 42.4 Å². The summed E-state index contributed by atoms with van der Waals surface area (Å²) in [4.78, 5) is 24.6. The highest BCUT2D eigenvalue weighted by atomic mass is 16.5. The van der Waals surface area contributed by atoms with Crippen LogP contribution in [0.25, 0.3) is 27.8 Å². The molecule has 0 unspecified atom stereocenters. The van der Waals surface area contributed by atoms with E-state index in [2.05, 4.69) is 23.7 Å². The van der Waals surface area contributed by atoms with Crippen molar-refractivity contribution in [2.24, 2.45) is 7.05 Å². The van der Waals surface area contributed by atoms with Crippen molar-refractivity contribution in [1.82, 2.24) is 24.1 Å². The molecule has 7 heteroatoms. The van der Waals surface area contributed by atoms with Gasteiger partial charge in [-0.2, -0.15) is 0 Å². The number of nitrogens with zero attached hydrogens (tertiary/aromatic N) is 5. The van der Waals surface area contributed by atoms with E-state index >= 15 is 0 Å². The Labute approximate surface area is 181 Å². The molecule has 0 saturated carbocycles. The number of hydrogen-bond donors (Lipinski definition) is 0. The van der Waals surface area contributed by atoms with E-state index < -0.39 is 0 Å². The Morgan fingerprint density at radius 1 is 1.13 bits per heavy atom. The zero-order chi connectivity index (χ0) is 22.1. The number of pyridine rings is 1. The van der Waals surface area contributed by atoms with Gasteiger partial charge in [0.05, 0.1) is 17.6 Å². The van der Waals surface area contributed by atoms with Crippen molar-refractivity contribution >= 4 is 16.4 Å². The van der Waals surface area contributed by atoms with Gasteiger partial charge in [-0.25, -0.2) is 19.2 Å². The Hall–Kier alpha value is -3.19. The highest BCUT2D eigenvalue weighted by molar-refractivity contribution is 5.96. The van der Waals surface area contributed by atoms with Crippen LogP contribution in [0.2, 0.25) is 0 Å². The third kappa shape index (κ3) is 3.93. The number of rotatable bonds is 7. The van der Waals surface area contributed by atoms with E-state index in [-0.39, 0.29) is 11.5 Å². The second kappa shape index (κ2) is 8.51. The second-order valence-corrected chi connectivity index (χ2v) is 8.40. The van der Waals surface area contributed by atoms with Crippen molar-refractivity contribution < 1.29 is 4.74 Å². The van der Waals surface area contributed by atoms with Gasteiger partial charge in [0.1, 0.15) is 0 Å². The molecule has 4 rings (SSSR count). The molecule has 4 aromatic rings. The summed E-state index contributed by atoms with van der Waals surface area (Å²) in [6, 6.07) is 11.8. The molecular formula is C24H29N5O2. The predicted molar refractivity (Wildman–Crippen MR) is 124 cm³/mol. The van der Waals surface area contributed by atoms with Gasteiger partial charge in [-0.15, -0.1) is 0 Å². The van der Waals surface area contributed by atoms with Gasteiger partial charge >= 0.3 is 0 Å². The molecule has 0 radical (unpaired) electrons. The zero-order valence-corrected chi connectivity index (χ0v) is 18.8. The van der Waals surface area contributed by atoms with E-state index in [9.17, 15) is 4.79 Å². The van der Waals surface area contributed by atoms with Gasteiger partial charge in [0.15, 0.2) is 5.82 Å². The summed E-state index contributed by atoms with van der Waals surface area (Å²) in [5.74, 6) is 1.37. The number of hydrogen-bond acceptors (Lipinski definition) is 5. The maximum Gasteiger partial charge on any atom is 0.270 e. The largest absolute Gasteiger partial charge is 0.478 e. The first-order chi connectivity index (χ1) is 14.9. The maximum absolute atomic E-state index is 13.1. The van der Waals surface area contributed by atoms with Gasteiger partial charge in [-0.05, 0) is 38.6 Å². The van der Waals surface area contributed by atoms with E-state index in [1.807, 2.05) is 55.0 Å². The van der Waals surface area contributed by atoms with Crippen LogP contribution in [0.1, 0.15) is 31.7 Å². The predicted octanol–water partition coefficient (Wildman–Crippen LogP) is 3.70. The van der Waals surface area contributed by atoms with Gasteiger partial charge in [-0.1, -0.05) is 32.0 Å². The molecule has 0 bridgehead atoms. The smallest absolute Gasteiger partial charge is 0.270 e. The van der Waals surface area contributed by atoms with E-state index in [0.717, 1.165) is 40.5 Å². The van der Waals surface area contributed by atoms with Gasteiger partial charge in [0.25, 0.3) is 5.56 Å². The van der Waals surface area contributed by atoms with Crippen molar-refractivity contribution in [3.05, 3.63) is 58.5 Å². The summed E-state index contributed by atoms with van der Waals surface area (Å²) in [5.41, 5.74) is 3.40. The Kier molecular flexibility index (Phi) is 5.78. The number of para-hydroxylation sites is 1. The van der Waals surface area contributed by atoms with Crippen LogP contribution in [-0.2, 0) is 7.05 Å². The molecule has 0 amide bonds. The van der Waals surface area contributed by atoms with Crippen LogP contribution in [0.5, 0.6) is 5.88 Å². The number of ether oxygens (including phenoxy) is 1. The molecule has 162 valence electrons. The first-order valence-electron chi connectivity index (χ1n) is 10.6. The molecule has 0 atom stereocenters. The van der Waals surface area contributed by atoms with Gasteiger partial charge in [-0.3, -0.25) is 4.79 Å². The molecule has 0 aliphatic rings. The lowest BCUT2D eigenvalue weighted by atomic mass is 10.0. The Morgan fingerprint density at radius 2 is 1.90 bits per heavy atom. The second-order valence-electron chi connectivity index (χ2n) is 8.40. The minimum atomic E-state index is 0.00297. The van der Waals surface area contributed by atoms with Crippen molar-refractivity contribution in [3.63, 3.8) is 0 Å². The maximum atomic E-state index is 13.1. The van der Waals surface area contributed by atoms with Crippen LogP contribution in [0.15, 0.2) is 47.4 Å². The lowest BCUT2D eigenvalue weighted by Crippen LogP contribution is -2.19. The quantitative estimate of drug-likeness (QED) is 0.428. The van der Waals surface area contributed by atoms with E-state index in [1.54, 1.807) is 17.9 Å². The van der Waals surface area contributed by atoms with Crippen LogP contribution in [0.4, 0.5) is 0 Å². The molecule has 1 aromatic carbocycles. The molecule has 0 aliphatic carbocycles. The molecule has 0 aliphatic heterocycles. The number of fused-ring (bicyclic) bond motifs is 3. The lowest BCUT2D eigenvalue weighted by Gasteiger charge is -2.13. The van der Waals surface area contributed by atoms with Crippen molar-refractivity contribution in [3.8, 4) is 17.3 Å². The third-order valence-electron chi connectivity index (χ3n) is 5.45. The van der Waals surface area contributed by atoms with Crippen molar-refractivity contribution in [2.75, 3.05) is 27.2 Å². The van der Waals surface area contributed by atoms with Crippen LogP contribution in [-0.4, -0.2) is 51.3 Å². The zero-order valence-electron chi connectivity index (χ0n) is 18.8. The summed E-state index contributed by atoms with van der Waals surface area (Å²) in [7, 11) is 5.88. The molecular weight excluding hydrogens is 390 g/mol. The van der Waals surface area contributed by atoms with Gasteiger partial charge in [0.2, 0.25) is 5.88 Å². The standard InChI is InChI=1S/C24H29N5O2/c1-16(2)21-22-18-9-6-7-10-19(18)26-23(29(22)28(5)24(21)30)17-11-12-20(25-15-17)31-14-8-13-27(3)4/h6-7,9-12,15-16H,8,13-14H2,1-5H3. The number of aromatic nitrogens is 4. The first kappa shape index (κ1) is 21.1. The molecule has 3 heterocycles. The summed E-state index contributed by atoms with van der Waals surface area (Å²) >= 11 is 0. The monoisotopic (exact) mass is 419 g/mol. The Bertz CT molecular complexity index is 1270. The average Bonchev–Trinajstić information content (AvgIpc) is 3.02. The van der Waals surface area contributed by atoms with Crippen molar-refractivity contribution in [1.29, 1.82) is 0 Å². The Balaban J connectivity index is 1.80. The molecule has 0 spiro atoms. The molecule has 0 fully saturated rings. The number of benzene rings is 1. The first-order valence-corrected chi connectivity index (χ1v) is 10.6. The van der Waals surface area contributed by atoms with Crippen LogP contribution < -0.4 is 10.3 Å². The summed E-state index contributed by atoms with van der Waals surface area (Å²) in [6.07, 6.45) is 2.70. The third-order valence-corrected chi connectivity index (χ3v) is 5.45. The highest BCUT2D eigenvalue weighted by Crippen LogP contribution is 2.29. The molecule has 3 aromatic heterocycles. The molecule has 0 N–H and O–H groups in total. The molecule has 7 nitrogen and oxygen atoms in total. The van der Waals surface area contributed by atoms with Crippen LogP contribution >= 0.6 is 0 Å². The SMILES string of the molecule is CC(C)c1c(=O)n(C)n2c(-c3ccc(OCCCN(C)C)nc3)nc3ccccc3c12. The normalized spacial score (nSPS) is 11.8. The minimum Gasteiger partial charge on any atom is -0.478 e. The number of aryl methyl sites for hydroxylation is 1. The molecule has 31 heavy (non-hydrogen) atoms. The summed E-state index contributed by atoms with van der Waals surface area (Å²) < 4.78 is 9.32. The average molecular weight is 420 g/mol.